The summed E-state index contributed by atoms with van der Waals surface area (Å²) in [4.78, 5) is 72.2. The topological polar surface area (TPSA) is 157 Å². The predicted molar refractivity (Wildman–Crippen MR) is 173 cm³/mol. The smallest absolute Gasteiger partial charge is 0.347 e. The summed E-state index contributed by atoms with van der Waals surface area (Å²) in [6, 6.07) is 9.00. The number of hydrogen-bond acceptors (Lipinski definition) is 9. The first kappa shape index (κ1) is 30.4. The highest BCUT2D eigenvalue weighted by Gasteiger charge is 2.45. The molecule has 2 atom stereocenters. The van der Waals surface area contributed by atoms with E-state index in [1.807, 2.05) is 6.08 Å². The molecule has 7 rings (SSSR count). The van der Waals surface area contributed by atoms with Gasteiger partial charge in [-0.1, -0.05) is 18.2 Å². The first-order chi connectivity index (χ1) is 22.5. The number of aromatic hydroxyl groups is 1. The largest absolute Gasteiger partial charge is 0.508 e. The van der Waals surface area contributed by atoms with Gasteiger partial charge in [0.05, 0.1) is 42.3 Å². The summed E-state index contributed by atoms with van der Waals surface area (Å²) in [5.41, 5.74) is 1.39. The zero-order valence-corrected chi connectivity index (χ0v) is 27.1. The van der Waals surface area contributed by atoms with E-state index in [-0.39, 0.29) is 64.6 Å². The quantitative estimate of drug-likeness (QED) is 0.236. The average molecular weight is 703 g/mol. The Morgan fingerprint density at radius 1 is 1.02 bits per heavy atom. The highest BCUT2D eigenvalue weighted by atomic mass is 79.9. The molecular weight excluding hydrogens is 674 g/mol. The lowest BCUT2D eigenvalue weighted by atomic mass is 9.69. The van der Waals surface area contributed by atoms with Gasteiger partial charge in [-0.3, -0.25) is 14.4 Å². The number of phenols is 1. The molecule has 0 fully saturated rings. The summed E-state index contributed by atoms with van der Waals surface area (Å²) < 4.78 is 16.0. The van der Waals surface area contributed by atoms with Crippen LogP contribution < -0.4 is 26.4 Å². The van der Waals surface area contributed by atoms with Gasteiger partial charge in [-0.2, -0.15) is 0 Å². The fourth-order valence-corrected chi connectivity index (χ4v) is 7.34. The number of benzene rings is 2. The Balaban J connectivity index is 1.29. The third kappa shape index (κ3) is 4.65. The van der Waals surface area contributed by atoms with Crippen molar-refractivity contribution in [2.24, 2.45) is 7.05 Å². The molecule has 0 radical (unpaired) electrons. The van der Waals surface area contributed by atoms with Crippen LogP contribution in [-0.2, 0) is 36.1 Å². The molecule has 2 unspecified atom stereocenters. The number of methoxy groups -OCH3 is 2. The zero-order valence-electron chi connectivity index (χ0n) is 25.5. The molecule has 0 spiro atoms. The number of aromatic nitrogens is 5. The number of hydrogen-bond donors (Lipinski definition) is 1. The van der Waals surface area contributed by atoms with Crippen LogP contribution in [0.3, 0.4) is 0 Å². The van der Waals surface area contributed by atoms with Gasteiger partial charge >= 0.3 is 11.4 Å². The number of ketones is 2. The summed E-state index contributed by atoms with van der Waals surface area (Å²) in [6.07, 6.45) is 3.07. The molecule has 0 saturated carbocycles. The molecule has 0 bridgehead atoms. The maximum absolute atomic E-state index is 14.0. The summed E-state index contributed by atoms with van der Waals surface area (Å²) in [5, 5.41) is 10.3. The van der Waals surface area contributed by atoms with Crippen LogP contribution in [-0.4, -0.2) is 54.4 Å². The minimum Gasteiger partial charge on any atom is -0.508 e. The van der Waals surface area contributed by atoms with E-state index in [0.29, 0.717) is 39.2 Å². The van der Waals surface area contributed by atoms with E-state index >= 15 is 0 Å². The highest BCUT2D eigenvalue weighted by molar-refractivity contribution is 9.12. The first-order valence-corrected chi connectivity index (χ1v) is 15.5. The Kier molecular flexibility index (Phi) is 7.27. The lowest BCUT2D eigenvalue weighted by molar-refractivity contribution is -0.115. The number of Topliss-reactive ketones (excluding diaryl/α,β-unsaturated/α-hetero) is 1. The van der Waals surface area contributed by atoms with Crippen molar-refractivity contribution < 1.29 is 24.2 Å². The molecule has 2 aromatic carbocycles. The van der Waals surface area contributed by atoms with Crippen molar-refractivity contribution in [3.05, 3.63) is 112 Å². The van der Waals surface area contributed by atoms with E-state index in [1.54, 1.807) is 31.3 Å². The van der Waals surface area contributed by atoms with Gasteiger partial charge < -0.3 is 19.1 Å². The zero-order chi connectivity index (χ0) is 33.3. The third-order valence-corrected chi connectivity index (χ3v) is 9.69. The van der Waals surface area contributed by atoms with Gasteiger partial charge in [-0.25, -0.2) is 28.5 Å². The molecule has 4 aromatic rings. The van der Waals surface area contributed by atoms with E-state index in [2.05, 4.69) is 20.9 Å². The summed E-state index contributed by atoms with van der Waals surface area (Å²) in [5.74, 6) is -0.568. The molecule has 2 aromatic heterocycles. The van der Waals surface area contributed by atoms with Crippen LogP contribution in [0.25, 0.3) is 11.0 Å². The number of aryl methyl sites for hydroxylation is 2. The van der Waals surface area contributed by atoms with Gasteiger partial charge in [0.25, 0.3) is 5.56 Å². The third-order valence-electron chi connectivity index (χ3n) is 9.10. The number of halogens is 1. The maximum atomic E-state index is 14.0. The van der Waals surface area contributed by atoms with E-state index in [0.717, 1.165) is 4.57 Å². The summed E-state index contributed by atoms with van der Waals surface area (Å²) in [7, 11) is 4.59. The highest BCUT2D eigenvalue weighted by Crippen LogP contribution is 2.50. The van der Waals surface area contributed by atoms with Gasteiger partial charge in [0.1, 0.15) is 11.4 Å². The Hall–Kier alpha value is -5.24. The summed E-state index contributed by atoms with van der Waals surface area (Å²) >= 11 is 3.21. The molecule has 13 nitrogen and oxygen atoms in total. The number of ether oxygens (including phenoxy) is 2. The molecular formula is C33H28BrN5O8. The number of fused-ring (bicyclic) bond motifs is 4. The van der Waals surface area contributed by atoms with Crippen LogP contribution in [0.1, 0.15) is 29.6 Å². The second-order valence-electron chi connectivity index (χ2n) is 11.5. The molecule has 0 saturated heterocycles. The molecule has 240 valence electrons. The fourth-order valence-electron chi connectivity index (χ4n) is 6.89. The van der Waals surface area contributed by atoms with Gasteiger partial charge in [-0.05, 0) is 39.2 Å². The van der Waals surface area contributed by atoms with Crippen LogP contribution in [0, 0.1) is 0 Å². The molecule has 1 N–H and O–H groups in total. The Labute approximate surface area is 274 Å². The van der Waals surface area contributed by atoms with Crippen LogP contribution >= 0.6 is 15.9 Å². The van der Waals surface area contributed by atoms with Crippen LogP contribution in [0.4, 0.5) is 0 Å². The van der Waals surface area contributed by atoms with Crippen molar-refractivity contribution in [2.75, 3.05) is 14.2 Å². The van der Waals surface area contributed by atoms with Crippen LogP contribution in [0.15, 0.2) is 84.1 Å². The second-order valence-corrected chi connectivity index (χ2v) is 12.4. The van der Waals surface area contributed by atoms with E-state index in [1.165, 1.54) is 46.4 Å². The molecule has 2 aliphatic carbocycles. The molecule has 47 heavy (non-hydrogen) atoms. The molecule has 14 heteroatoms. The number of carbonyl (C=O) groups excluding carboxylic acids is 2. The van der Waals surface area contributed by atoms with Crippen LogP contribution in [0.5, 0.6) is 17.2 Å². The van der Waals surface area contributed by atoms with Crippen molar-refractivity contribution in [3.8, 4) is 17.2 Å². The van der Waals surface area contributed by atoms with Gasteiger partial charge in [0, 0.05) is 61.7 Å². The SMILES string of the molecule is COc1cc2nc(CCn3c(=O)n4n(c3=O)C3CC5=C(C(=O)C=C(Br)C5=O)C(c5cccc(O)c5)C3=CC4)c(=O)n(C)c2cc1OC. The van der Waals surface area contributed by atoms with E-state index in [4.69, 9.17) is 9.47 Å². The lowest BCUT2D eigenvalue weighted by Crippen LogP contribution is -2.40. The van der Waals surface area contributed by atoms with E-state index in [9.17, 15) is 29.1 Å². The second kappa shape index (κ2) is 11.2. The van der Waals surface area contributed by atoms with E-state index < -0.39 is 23.3 Å². The number of carbonyl (C=O) groups is 2. The number of phenolic OH excluding ortho intramolecular Hbond substituents is 1. The monoisotopic (exact) mass is 701 g/mol. The minimum absolute atomic E-state index is 0.00693. The normalized spacial score (nSPS) is 18.8. The number of nitrogens with zero attached hydrogens (tertiary/aromatic N) is 5. The molecule has 0 amide bonds. The number of allylic oxidation sites excluding steroid dienone is 6. The van der Waals surface area contributed by atoms with Gasteiger partial charge in [0.2, 0.25) is 0 Å². The Bertz CT molecular complexity index is 2340. The fraction of sp³-hybridized carbons (Fsp3) is 0.273. The average Bonchev–Trinajstić information content (AvgIpc) is 3.31. The maximum Gasteiger partial charge on any atom is 0.347 e. The van der Waals surface area contributed by atoms with Crippen LogP contribution in [0.2, 0.25) is 0 Å². The lowest BCUT2D eigenvalue weighted by Gasteiger charge is -2.39. The van der Waals surface area contributed by atoms with Crippen molar-refractivity contribution >= 4 is 38.5 Å². The molecule has 3 heterocycles. The Morgan fingerprint density at radius 3 is 2.49 bits per heavy atom. The first-order valence-electron chi connectivity index (χ1n) is 14.8. The van der Waals surface area contributed by atoms with Crippen molar-refractivity contribution in [3.63, 3.8) is 0 Å². The van der Waals surface area contributed by atoms with Gasteiger partial charge in [-0.15, -0.1) is 0 Å². The standard InChI is InChI=1S/C33H28BrN5O8/c1-36-24-15-27(47-3)26(46-2)14-22(24)35-21(31(36)43)8-9-37-32(44)38-10-7-18-23(39(38)33(37)45)12-19-29(25(41)13-20(34)30(19)42)28(18)16-5-4-6-17(40)11-16/h4-7,11,13-15,23,28,40H,8-10,12H2,1-3H3. The van der Waals surface area contributed by atoms with Crippen molar-refractivity contribution in [1.82, 2.24) is 23.5 Å². The Morgan fingerprint density at radius 2 is 1.77 bits per heavy atom. The molecule has 3 aliphatic rings. The predicted octanol–water partition coefficient (Wildman–Crippen LogP) is 2.42. The summed E-state index contributed by atoms with van der Waals surface area (Å²) in [6.45, 7) is -0.0759. The molecule has 1 aliphatic heterocycles. The van der Waals surface area contributed by atoms with Gasteiger partial charge in [0.15, 0.2) is 23.1 Å². The van der Waals surface area contributed by atoms with Crippen molar-refractivity contribution in [2.45, 2.75) is 37.9 Å². The van der Waals surface area contributed by atoms with Crippen molar-refractivity contribution in [1.29, 1.82) is 0 Å². The minimum atomic E-state index is -0.749. The number of rotatable bonds is 6.